The standard InChI is InChI=1S/C18H18ClN3O3/c19-16-5-3-15(4-6-16)18(23)21-11-9-20(10-12-21)13-14-1-7-17(8-2-14)22(24)25/h1-8H,9-13H2. The number of piperazine rings is 1. The second kappa shape index (κ2) is 7.63. The number of nitrogens with zero attached hydrogens (tertiary/aromatic N) is 3. The van der Waals surface area contributed by atoms with Gasteiger partial charge in [0.1, 0.15) is 0 Å². The molecule has 2 aromatic carbocycles. The summed E-state index contributed by atoms with van der Waals surface area (Å²) in [5.41, 5.74) is 1.78. The van der Waals surface area contributed by atoms with Crippen molar-refractivity contribution in [3.05, 3.63) is 74.8 Å². The number of rotatable bonds is 4. The summed E-state index contributed by atoms with van der Waals surface area (Å²) in [4.78, 5) is 26.9. The van der Waals surface area contributed by atoms with Gasteiger partial charge in [-0.25, -0.2) is 0 Å². The van der Waals surface area contributed by atoms with E-state index in [1.54, 1.807) is 36.4 Å². The number of non-ortho nitro benzene ring substituents is 1. The number of hydrogen-bond donors (Lipinski definition) is 0. The first-order valence-electron chi connectivity index (χ1n) is 8.03. The largest absolute Gasteiger partial charge is 0.336 e. The van der Waals surface area contributed by atoms with Crippen LogP contribution in [0.15, 0.2) is 48.5 Å². The number of benzene rings is 2. The van der Waals surface area contributed by atoms with Crippen LogP contribution in [0.1, 0.15) is 15.9 Å². The zero-order valence-electron chi connectivity index (χ0n) is 13.6. The van der Waals surface area contributed by atoms with E-state index >= 15 is 0 Å². The van der Waals surface area contributed by atoms with Gasteiger partial charge in [0.25, 0.3) is 11.6 Å². The third kappa shape index (κ3) is 4.35. The van der Waals surface area contributed by atoms with Crippen LogP contribution >= 0.6 is 11.6 Å². The SMILES string of the molecule is O=C(c1ccc(Cl)cc1)N1CCN(Cc2ccc([N+](=O)[O-])cc2)CC1. The fraction of sp³-hybridized carbons (Fsp3) is 0.278. The fourth-order valence-electron chi connectivity index (χ4n) is 2.87. The van der Waals surface area contributed by atoms with Crippen LogP contribution < -0.4 is 0 Å². The molecule has 0 saturated carbocycles. The van der Waals surface area contributed by atoms with E-state index in [4.69, 9.17) is 11.6 Å². The summed E-state index contributed by atoms with van der Waals surface area (Å²) in [6.07, 6.45) is 0. The highest BCUT2D eigenvalue weighted by Crippen LogP contribution is 2.16. The lowest BCUT2D eigenvalue weighted by atomic mass is 10.1. The van der Waals surface area contributed by atoms with Crippen molar-refractivity contribution in [2.75, 3.05) is 26.2 Å². The first kappa shape index (κ1) is 17.4. The van der Waals surface area contributed by atoms with E-state index < -0.39 is 4.92 Å². The highest BCUT2D eigenvalue weighted by molar-refractivity contribution is 6.30. The van der Waals surface area contributed by atoms with Gasteiger partial charge in [-0.2, -0.15) is 0 Å². The van der Waals surface area contributed by atoms with Gasteiger partial charge >= 0.3 is 0 Å². The highest BCUT2D eigenvalue weighted by atomic mass is 35.5. The summed E-state index contributed by atoms with van der Waals surface area (Å²) in [5.74, 6) is 0.0200. The van der Waals surface area contributed by atoms with Gasteiger partial charge in [-0.15, -0.1) is 0 Å². The van der Waals surface area contributed by atoms with Gasteiger partial charge in [0.05, 0.1) is 4.92 Å². The Balaban J connectivity index is 1.53. The first-order valence-corrected chi connectivity index (χ1v) is 8.41. The molecule has 25 heavy (non-hydrogen) atoms. The molecule has 1 aliphatic rings. The molecule has 1 fully saturated rings. The van der Waals surface area contributed by atoms with Gasteiger partial charge in [-0.1, -0.05) is 23.7 Å². The van der Waals surface area contributed by atoms with Crippen molar-refractivity contribution >= 4 is 23.2 Å². The Labute approximate surface area is 150 Å². The lowest BCUT2D eigenvalue weighted by Gasteiger charge is -2.34. The van der Waals surface area contributed by atoms with Crippen molar-refractivity contribution < 1.29 is 9.72 Å². The molecule has 6 nitrogen and oxygen atoms in total. The van der Waals surface area contributed by atoms with Crippen LogP contribution in [0.5, 0.6) is 0 Å². The van der Waals surface area contributed by atoms with Gasteiger partial charge in [-0.05, 0) is 29.8 Å². The summed E-state index contributed by atoms with van der Waals surface area (Å²) in [5, 5.41) is 11.3. The molecule has 0 aromatic heterocycles. The predicted octanol–water partition coefficient (Wildman–Crippen LogP) is 3.21. The molecule has 0 atom stereocenters. The van der Waals surface area contributed by atoms with Crippen molar-refractivity contribution in [2.24, 2.45) is 0 Å². The van der Waals surface area contributed by atoms with Crippen molar-refractivity contribution in [1.29, 1.82) is 0 Å². The van der Waals surface area contributed by atoms with E-state index in [1.165, 1.54) is 12.1 Å². The predicted molar refractivity (Wildman–Crippen MR) is 95.7 cm³/mol. The van der Waals surface area contributed by atoms with Crippen LogP contribution in [0.25, 0.3) is 0 Å². The Kier molecular flexibility index (Phi) is 5.31. The molecule has 3 rings (SSSR count). The average molecular weight is 360 g/mol. The highest BCUT2D eigenvalue weighted by Gasteiger charge is 2.22. The van der Waals surface area contributed by atoms with E-state index in [0.29, 0.717) is 23.7 Å². The third-order valence-corrected chi connectivity index (χ3v) is 4.56. The van der Waals surface area contributed by atoms with Crippen LogP contribution in [0.2, 0.25) is 5.02 Å². The number of carbonyl (C=O) groups excluding carboxylic acids is 1. The number of carbonyl (C=O) groups is 1. The Morgan fingerprint density at radius 3 is 2.16 bits per heavy atom. The van der Waals surface area contributed by atoms with E-state index in [-0.39, 0.29) is 11.6 Å². The summed E-state index contributed by atoms with van der Waals surface area (Å²) in [7, 11) is 0. The minimum Gasteiger partial charge on any atom is -0.336 e. The molecular formula is C18H18ClN3O3. The second-order valence-corrected chi connectivity index (χ2v) is 6.44. The van der Waals surface area contributed by atoms with Crippen molar-refractivity contribution in [2.45, 2.75) is 6.54 Å². The van der Waals surface area contributed by atoms with E-state index in [9.17, 15) is 14.9 Å². The Hall–Kier alpha value is -2.44. The molecule has 0 unspecified atom stereocenters. The Morgan fingerprint density at radius 1 is 1.00 bits per heavy atom. The molecule has 1 amide bonds. The van der Waals surface area contributed by atoms with Crippen molar-refractivity contribution in [3.63, 3.8) is 0 Å². The molecule has 0 radical (unpaired) electrons. The normalized spacial score (nSPS) is 15.2. The molecule has 0 N–H and O–H groups in total. The van der Waals surface area contributed by atoms with Gasteiger partial charge < -0.3 is 4.90 Å². The number of amides is 1. The van der Waals surface area contributed by atoms with Crippen LogP contribution in [0.3, 0.4) is 0 Å². The van der Waals surface area contributed by atoms with E-state index in [0.717, 1.165) is 25.2 Å². The zero-order valence-corrected chi connectivity index (χ0v) is 14.4. The summed E-state index contributed by atoms with van der Waals surface area (Å²) in [6, 6.07) is 13.5. The monoisotopic (exact) mass is 359 g/mol. The molecule has 1 saturated heterocycles. The molecule has 0 aliphatic carbocycles. The maximum Gasteiger partial charge on any atom is 0.269 e. The molecule has 0 spiro atoms. The van der Waals surface area contributed by atoms with Crippen LogP contribution in [-0.4, -0.2) is 46.8 Å². The van der Waals surface area contributed by atoms with Gasteiger partial charge in [-0.3, -0.25) is 19.8 Å². The fourth-order valence-corrected chi connectivity index (χ4v) is 2.99. The molecule has 0 bridgehead atoms. The van der Waals surface area contributed by atoms with Crippen LogP contribution in [0.4, 0.5) is 5.69 Å². The molecule has 1 aliphatic heterocycles. The molecule has 2 aromatic rings. The van der Waals surface area contributed by atoms with Gasteiger partial charge in [0, 0.05) is 55.4 Å². The van der Waals surface area contributed by atoms with E-state index in [1.807, 2.05) is 4.90 Å². The Bertz CT molecular complexity index is 754. The number of nitro benzene ring substituents is 1. The number of nitro groups is 1. The average Bonchev–Trinajstić information content (AvgIpc) is 2.63. The summed E-state index contributed by atoms with van der Waals surface area (Å²) < 4.78 is 0. The van der Waals surface area contributed by atoms with Gasteiger partial charge in [0.2, 0.25) is 0 Å². The molecule has 1 heterocycles. The van der Waals surface area contributed by atoms with E-state index in [2.05, 4.69) is 4.90 Å². The molecule has 7 heteroatoms. The summed E-state index contributed by atoms with van der Waals surface area (Å²) in [6.45, 7) is 3.59. The van der Waals surface area contributed by atoms with Crippen molar-refractivity contribution in [1.82, 2.24) is 9.80 Å². The smallest absolute Gasteiger partial charge is 0.269 e. The lowest BCUT2D eigenvalue weighted by molar-refractivity contribution is -0.384. The molecular weight excluding hydrogens is 342 g/mol. The maximum absolute atomic E-state index is 12.5. The first-order chi connectivity index (χ1) is 12.0. The quantitative estimate of drug-likeness (QED) is 0.621. The summed E-state index contributed by atoms with van der Waals surface area (Å²) >= 11 is 5.86. The molecule has 130 valence electrons. The second-order valence-electron chi connectivity index (χ2n) is 6.00. The lowest BCUT2D eigenvalue weighted by Crippen LogP contribution is -2.48. The van der Waals surface area contributed by atoms with Crippen LogP contribution in [-0.2, 0) is 6.54 Å². The Morgan fingerprint density at radius 2 is 1.60 bits per heavy atom. The van der Waals surface area contributed by atoms with Gasteiger partial charge in [0.15, 0.2) is 0 Å². The van der Waals surface area contributed by atoms with Crippen molar-refractivity contribution in [3.8, 4) is 0 Å². The van der Waals surface area contributed by atoms with Crippen LogP contribution in [0, 0.1) is 10.1 Å². The minimum absolute atomic E-state index is 0.0200. The number of halogens is 1. The number of hydrogen-bond acceptors (Lipinski definition) is 4. The maximum atomic E-state index is 12.5. The zero-order chi connectivity index (χ0) is 17.8. The minimum atomic E-state index is -0.398. The third-order valence-electron chi connectivity index (χ3n) is 4.30. The topological polar surface area (TPSA) is 66.7 Å².